The average molecular weight is 524 g/mol. The zero-order valence-corrected chi connectivity index (χ0v) is 22.1. The average Bonchev–Trinajstić information content (AvgIpc) is 2.92. The van der Waals surface area contributed by atoms with Gasteiger partial charge in [0.25, 0.3) is 0 Å². The quantitative estimate of drug-likeness (QED) is 0.378. The van der Waals surface area contributed by atoms with Gasteiger partial charge < -0.3 is 15.0 Å². The largest absolute Gasteiger partial charge is 0.497 e. The lowest BCUT2D eigenvalue weighted by Gasteiger charge is -2.31. The van der Waals surface area contributed by atoms with Crippen LogP contribution in [0.2, 0.25) is 0 Å². The van der Waals surface area contributed by atoms with Crippen LogP contribution in [0.4, 0.5) is 0 Å². The molecule has 3 rings (SSSR count). The number of amides is 2. The molecular formula is C28H33N3O5S. The van der Waals surface area contributed by atoms with Crippen LogP contribution in [0.3, 0.4) is 0 Å². The molecule has 0 radical (unpaired) electrons. The Balaban J connectivity index is 1.85. The number of benzene rings is 3. The molecule has 3 aromatic carbocycles. The van der Waals surface area contributed by atoms with Gasteiger partial charge in [-0.15, -0.1) is 0 Å². The summed E-state index contributed by atoms with van der Waals surface area (Å²) in [5.41, 5.74) is 2.39. The Morgan fingerprint density at radius 2 is 1.54 bits per heavy atom. The van der Waals surface area contributed by atoms with E-state index in [9.17, 15) is 18.0 Å². The molecule has 0 bridgehead atoms. The second kappa shape index (κ2) is 13.0. The van der Waals surface area contributed by atoms with Crippen molar-refractivity contribution in [3.8, 4) is 5.75 Å². The van der Waals surface area contributed by atoms with Crippen LogP contribution in [0.5, 0.6) is 5.75 Å². The summed E-state index contributed by atoms with van der Waals surface area (Å²) in [7, 11) is -0.404. The van der Waals surface area contributed by atoms with Crippen LogP contribution >= 0.6 is 0 Å². The molecule has 0 saturated carbocycles. The minimum absolute atomic E-state index is 0.149. The third-order valence-corrected chi connectivity index (χ3v) is 7.51. The van der Waals surface area contributed by atoms with Gasteiger partial charge in [-0.3, -0.25) is 9.59 Å². The molecule has 3 aromatic rings. The molecule has 0 unspecified atom stereocenters. The van der Waals surface area contributed by atoms with Crippen molar-refractivity contribution in [1.82, 2.24) is 14.9 Å². The molecule has 9 heteroatoms. The Kier molecular flexibility index (Phi) is 9.82. The number of rotatable bonds is 12. The van der Waals surface area contributed by atoms with E-state index < -0.39 is 16.1 Å². The number of likely N-dealkylation sites (N-methyl/N-ethyl adjacent to an activating group) is 1. The molecule has 0 heterocycles. The number of carbonyl (C=O) groups excluding carboxylic acids is 2. The van der Waals surface area contributed by atoms with Gasteiger partial charge in [0.2, 0.25) is 21.8 Å². The summed E-state index contributed by atoms with van der Waals surface area (Å²) in [5, 5.41) is 2.69. The number of sulfonamides is 1. The van der Waals surface area contributed by atoms with Crippen molar-refractivity contribution in [2.75, 3.05) is 20.7 Å². The highest BCUT2D eigenvalue weighted by Crippen LogP contribution is 2.26. The van der Waals surface area contributed by atoms with Crippen molar-refractivity contribution in [3.63, 3.8) is 0 Å². The molecule has 2 amide bonds. The fourth-order valence-corrected chi connectivity index (χ4v) is 5.04. The summed E-state index contributed by atoms with van der Waals surface area (Å²) in [6.45, 7) is 2.25. The van der Waals surface area contributed by atoms with Gasteiger partial charge in [-0.1, -0.05) is 61.5 Å². The lowest BCUT2D eigenvalue weighted by Crippen LogP contribution is -2.42. The highest BCUT2D eigenvalue weighted by molar-refractivity contribution is 7.89. The molecule has 37 heavy (non-hydrogen) atoms. The summed E-state index contributed by atoms with van der Waals surface area (Å²) in [4.78, 5) is 28.4. The molecule has 0 spiro atoms. The summed E-state index contributed by atoms with van der Waals surface area (Å²) in [5.74, 6) is 0.218. The molecule has 0 aliphatic heterocycles. The molecule has 0 aromatic heterocycles. The number of hydrogen-bond acceptors (Lipinski definition) is 5. The summed E-state index contributed by atoms with van der Waals surface area (Å²) >= 11 is 0. The summed E-state index contributed by atoms with van der Waals surface area (Å²) in [6, 6.07) is 22.2. The fraction of sp³-hybridized carbons (Fsp3) is 0.286. The molecule has 8 nitrogen and oxygen atoms in total. The molecular weight excluding hydrogens is 490 g/mol. The van der Waals surface area contributed by atoms with E-state index in [1.54, 1.807) is 38.1 Å². The number of methoxy groups -OCH3 is 1. The molecule has 196 valence electrons. The van der Waals surface area contributed by atoms with Gasteiger partial charge >= 0.3 is 0 Å². The first kappa shape index (κ1) is 27.9. The predicted octanol–water partition coefficient (Wildman–Crippen LogP) is 3.44. The van der Waals surface area contributed by atoms with E-state index in [4.69, 9.17) is 4.74 Å². The van der Waals surface area contributed by atoms with Gasteiger partial charge in [-0.05, 0) is 47.4 Å². The normalized spacial score (nSPS) is 12.0. The topological polar surface area (TPSA) is 105 Å². The first-order chi connectivity index (χ1) is 17.8. The lowest BCUT2D eigenvalue weighted by atomic mass is 10.0. The minimum Gasteiger partial charge on any atom is -0.497 e. The SMILES string of the molecule is CCNS(=O)(=O)c1ccc(CCC(=O)N(Cc2ccc(OC)cc2)[C@@H](C(=O)NC)c2ccccc2)cc1. The lowest BCUT2D eigenvalue weighted by molar-refractivity contribution is -0.141. The monoisotopic (exact) mass is 523 g/mol. The number of hydrogen-bond donors (Lipinski definition) is 2. The van der Waals surface area contributed by atoms with Crippen LogP contribution in [-0.4, -0.2) is 45.8 Å². The van der Waals surface area contributed by atoms with Crippen molar-refractivity contribution in [2.45, 2.75) is 37.2 Å². The highest BCUT2D eigenvalue weighted by Gasteiger charge is 2.30. The summed E-state index contributed by atoms with van der Waals surface area (Å²) in [6.07, 6.45) is 0.546. The Hall–Kier alpha value is -3.69. The van der Waals surface area contributed by atoms with Crippen molar-refractivity contribution < 1.29 is 22.7 Å². The van der Waals surface area contributed by atoms with E-state index in [-0.39, 0.29) is 29.7 Å². The first-order valence-corrected chi connectivity index (χ1v) is 13.5. The van der Waals surface area contributed by atoms with Gasteiger partial charge in [0.05, 0.1) is 12.0 Å². The molecule has 1 atom stereocenters. The molecule has 0 saturated heterocycles. The van der Waals surface area contributed by atoms with Crippen molar-refractivity contribution in [2.24, 2.45) is 0 Å². The van der Waals surface area contributed by atoms with E-state index in [0.717, 1.165) is 11.1 Å². The van der Waals surface area contributed by atoms with E-state index in [0.29, 0.717) is 24.3 Å². The Morgan fingerprint density at radius 3 is 2.11 bits per heavy atom. The van der Waals surface area contributed by atoms with Crippen LogP contribution in [-0.2, 0) is 32.6 Å². The maximum atomic E-state index is 13.6. The number of ether oxygens (including phenoxy) is 1. The van der Waals surface area contributed by atoms with E-state index in [1.807, 2.05) is 54.6 Å². The zero-order chi connectivity index (χ0) is 26.8. The minimum atomic E-state index is -3.54. The number of carbonyl (C=O) groups is 2. The standard InChI is InChI=1S/C28H33N3O5S/c1-4-30-37(34,35)25-17-12-21(13-18-25)14-19-26(32)31(20-22-10-15-24(36-3)16-11-22)27(28(33)29-2)23-8-6-5-7-9-23/h5-13,15-18,27,30H,4,14,19-20H2,1-3H3,(H,29,33)/t27-/m1/s1. The van der Waals surface area contributed by atoms with Gasteiger partial charge in [-0.2, -0.15) is 0 Å². The van der Waals surface area contributed by atoms with Gasteiger partial charge in [-0.25, -0.2) is 13.1 Å². The molecule has 0 fully saturated rings. The third-order valence-electron chi connectivity index (χ3n) is 5.95. The van der Waals surface area contributed by atoms with Gasteiger partial charge in [0.1, 0.15) is 11.8 Å². The Labute approximate surface area is 218 Å². The summed E-state index contributed by atoms with van der Waals surface area (Å²) < 4.78 is 32.1. The van der Waals surface area contributed by atoms with E-state index in [2.05, 4.69) is 10.0 Å². The van der Waals surface area contributed by atoms with E-state index in [1.165, 1.54) is 12.1 Å². The van der Waals surface area contributed by atoms with Gasteiger partial charge in [0.15, 0.2) is 0 Å². The Bertz CT molecular complexity index is 1280. The second-order valence-electron chi connectivity index (χ2n) is 8.44. The maximum absolute atomic E-state index is 13.6. The fourth-order valence-electron chi connectivity index (χ4n) is 4.00. The van der Waals surface area contributed by atoms with Crippen molar-refractivity contribution in [3.05, 3.63) is 95.6 Å². The van der Waals surface area contributed by atoms with Gasteiger partial charge in [0, 0.05) is 26.6 Å². The van der Waals surface area contributed by atoms with Crippen molar-refractivity contribution >= 4 is 21.8 Å². The van der Waals surface area contributed by atoms with Crippen LogP contribution in [0.1, 0.15) is 36.1 Å². The number of aryl methyl sites for hydroxylation is 1. The van der Waals surface area contributed by atoms with Crippen molar-refractivity contribution in [1.29, 1.82) is 0 Å². The first-order valence-electron chi connectivity index (χ1n) is 12.1. The number of nitrogens with zero attached hydrogens (tertiary/aromatic N) is 1. The zero-order valence-electron chi connectivity index (χ0n) is 21.3. The highest BCUT2D eigenvalue weighted by atomic mass is 32.2. The second-order valence-corrected chi connectivity index (χ2v) is 10.2. The third kappa shape index (κ3) is 7.41. The molecule has 2 N–H and O–H groups in total. The van der Waals surface area contributed by atoms with E-state index >= 15 is 0 Å². The predicted molar refractivity (Wildman–Crippen MR) is 142 cm³/mol. The maximum Gasteiger partial charge on any atom is 0.247 e. The number of nitrogens with one attached hydrogen (secondary N) is 2. The molecule has 0 aliphatic rings. The van der Waals surface area contributed by atoms with Crippen LogP contribution in [0.25, 0.3) is 0 Å². The smallest absolute Gasteiger partial charge is 0.247 e. The Morgan fingerprint density at radius 1 is 0.919 bits per heavy atom. The van der Waals surface area contributed by atoms with Crippen LogP contribution < -0.4 is 14.8 Å². The van der Waals surface area contributed by atoms with Crippen LogP contribution in [0, 0.1) is 0 Å². The van der Waals surface area contributed by atoms with Crippen LogP contribution in [0.15, 0.2) is 83.8 Å². The molecule has 0 aliphatic carbocycles.